The number of nitrogens with zero attached hydrogens (tertiary/aromatic N) is 2. The molecule has 0 bridgehead atoms. The zero-order chi connectivity index (χ0) is 16.8. The minimum atomic E-state index is 0.464. The van der Waals surface area contributed by atoms with Crippen LogP contribution in [0.3, 0.4) is 0 Å². The van der Waals surface area contributed by atoms with Crippen LogP contribution >= 0.6 is 0 Å². The van der Waals surface area contributed by atoms with Gasteiger partial charge in [-0.2, -0.15) is 0 Å². The third kappa shape index (κ3) is 3.52. The van der Waals surface area contributed by atoms with Crippen molar-refractivity contribution >= 4 is 0 Å². The van der Waals surface area contributed by atoms with Gasteiger partial charge in [-0.1, -0.05) is 42.5 Å². The first-order valence-electron chi connectivity index (χ1n) is 7.73. The Hall–Kier alpha value is -2.92. The van der Waals surface area contributed by atoms with Crippen molar-refractivity contribution in [2.75, 3.05) is 13.7 Å². The minimum absolute atomic E-state index is 0.464. The van der Waals surface area contributed by atoms with Crippen molar-refractivity contribution in [1.82, 2.24) is 9.97 Å². The van der Waals surface area contributed by atoms with Crippen molar-refractivity contribution in [3.8, 4) is 28.6 Å². The van der Waals surface area contributed by atoms with E-state index in [9.17, 15) is 0 Å². The van der Waals surface area contributed by atoms with Crippen LogP contribution in [0.15, 0.2) is 60.9 Å². The Balaban J connectivity index is 1.95. The van der Waals surface area contributed by atoms with Crippen molar-refractivity contribution in [1.29, 1.82) is 0 Å². The van der Waals surface area contributed by atoms with E-state index in [0.717, 1.165) is 16.8 Å². The molecule has 0 aliphatic heterocycles. The van der Waals surface area contributed by atoms with Crippen molar-refractivity contribution in [3.05, 3.63) is 66.5 Å². The molecule has 1 heterocycles. The van der Waals surface area contributed by atoms with Crippen LogP contribution in [0.1, 0.15) is 5.56 Å². The zero-order valence-corrected chi connectivity index (χ0v) is 13.5. The van der Waals surface area contributed by atoms with Gasteiger partial charge in [-0.3, -0.25) is 0 Å². The lowest BCUT2D eigenvalue weighted by molar-refractivity contribution is 0.371. The molecule has 5 nitrogen and oxygen atoms in total. The molecule has 0 fully saturated rings. The molecule has 3 rings (SSSR count). The number of ether oxygens (including phenoxy) is 2. The highest BCUT2D eigenvalue weighted by Crippen LogP contribution is 2.35. The van der Waals surface area contributed by atoms with Crippen molar-refractivity contribution < 1.29 is 9.47 Å². The van der Waals surface area contributed by atoms with Crippen LogP contribution in [0.4, 0.5) is 0 Å². The van der Waals surface area contributed by atoms with Crippen molar-refractivity contribution in [2.24, 2.45) is 5.73 Å². The highest BCUT2D eigenvalue weighted by molar-refractivity contribution is 5.60. The average Bonchev–Trinajstić information content (AvgIpc) is 2.64. The molecule has 0 aliphatic carbocycles. The number of nitrogens with two attached hydrogens (primary N) is 1. The van der Waals surface area contributed by atoms with Gasteiger partial charge in [0.2, 0.25) is 5.88 Å². The first-order valence-corrected chi connectivity index (χ1v) is 7.73. The fourth-order valence-electron chi connectivity index (χ4n) is 2.46. The molecule has 0 unspecified atom stereocenters. The summed E-state index contributed by atoms with van der Waals surface area (Å²) in [5.41, 5.74) is 8.48. The predicted octanol–water partition coefficient (Wildman–Crippen LogP) is 3.45. The quantitative estimate of drug-likeness (QED) is 0.753. The van der Waals surface area contributed by atoms with E-state index < -0.39 is 0 Å². The third-order valence-electron chi connectivity index (χ3n) is 3.61. The van der Waals surface area contributed by atoms with Crippen LogP contribution in [-0.2, 0) is 6.42 Å². The second-order valence-electron chi connectivity index (χ2n) is 5.20. The molecule has 0 saturated carbocycles. The molecule has 2 aromatic carbocycles. The molecule has 5 heteroatoms. The SMILES string of the molecule is COc1cccc(CCN)c1Oc1cc(-c2ccccc2)ncn1. The summed E-state index contributed by atoms with van der Waals surface area (Å²) in [5, 5.41) is 0. The van der Waals surface area contributed by atoms with Gasteiger partial charge in [0.1, 0.15) is 6.33 Å². The largest absolute Gasteiger partial charge is 0.493 e. The molecule has 0 amide bonds. The molecular formula is C19H19N3O2. The fourth-order valence-corrected chi connectivity index (χ4v) is 2.46. The Morgan fingerprint density at radius 2 is 1.83 bits per heavy atom. The monoisotopic (exact) mass is 321 g/mol. The topological polar surface area (TPSA) is 70.3 Å². The van der Waals surface area contributed by atoms with Crippen LogP contribution in [0.25, 0.3) is 11.3 Å². The Kier molecular flexibility index (Phi) is 5.03. The Bertz CT molecular complexity index is 807. The van der Waals surface area contributed by atoms with Crippen molar-refractivity contribution in [2.45, 2.75) is 6.42 Å². The van der Waals surface area contributed by atoms with Gasteiger partial charge in [0.05, 0.1) is 12.8 Å². The third-order valence-corrected chi connectivity index (χ3v) is 3.61. The maximum Gasteiger partial charge on any atom is 0.223 e. The fraction of sp³-hybridized carbons (Fsp3) is 0.158. The molecule has 0 radical (unpaired) electrons. The molecule has 24 heavy (non-hydrogen) atoms. The number of hydrogen-bond acceptors (Lipinski definition) is 5. The first-order chi connectivity index (χ1) is 11.8. The van der Waals surface area contributed by atoms with Crippen LogP contribution < -0.4 is 15.2 Å². The summed E-state index contributed by atoms with van der Waals surface area (Å²) in [6.45, 7) is 0.530. The smallest absolute Gasteiger partial charge is 0.223 e. The Morgan fingerprint density at radius 1 is 1.00 bits per heavy atom. The lowest BCUT2D eigenvalue weighted by Gasteiger charge is -2.14. The average molecular weight is 321 g/mol. The normalized spacial score (nSPS) is 10.4. The van der Waals surface area contributed by atoms with E-state index >= 15 is 0 Å². The standard InChI is InChI=1S/C19H19N3O2/c1-23-17-9-5-8-15(10-11-20)19(17)24-18-12-16(21-13-22-18)14-6-3-2-4-7-14/h2-9,12-13H,10-11,20H2,1H3. The maximum absolute atomic E-state index is 6.01. The van der Waals surface area contributed by atoms with Gasteiger partial charge in [0, 0.05) is 11.6 Å². The summed E-state index contributed by atoms with van der Waals surface area (Å²) >= 11 is 0. The molecule has 0 spiro atoms. The lowest BCUT2D eigenvalue weighted by atomic mass is 10.1. The van der Waals surface area contributed by atoms with Crippen LogP contribution in [-0.4, -0.2) is 23.6 Å². The summed E-state index contributed by atoms with van der Waals surface area (Å²) in [4.78, 5) is 8.53. The number of rotatable bonds is 6. The van der Waals surface area contributed by atoms with Gasteiger partial charge in [-0.15, -0.1) is 0 Å². The van der Waals surface area contributed by atoms with Crippen molar-refractivity contribution in [3.63, 3.8) is 0 Å². The van der Waals surface area contributed by atoms with Gasteiger partial charge in [0.25, 0.3) is 0 Å². The van der Waals surface area contributed by atoms with Gasteiger partial charge >= 0.3 is 0 Å². The van der Waals surface area contributed by atoms with E-state index in [2.05, 4.69) is 9.97 Å². The minimum Gasteiger partial charge on any atom is -0.493 e. The summed E-state index contributed by atoms with van der Waals surface area (Å²) < 4.78 is 11.4. The first kappa shape index (κ1) is 16.0. The Labute approximate surface area is 141 Å². The molecule has 122 valence electrons. The summed E-state index contributed by atoms with van der Waals surface area (Å²) in [7, 11) is 1.61. The predicted molar refractivity (Wildman–Crippen MR) is 93.3 cm³/mol. The second-order valence-corrected chi connectivity index (χ2v) is 5.20. The number of para-hydroxylation sites is 1. The summed E-state index contributed by atoms with van der Waals surface area (Å²) in [6, 6.07) is 17.5. The van der Waals surface area contributed by atoms with E-state index in [1.807, 2.05) is 54.6 Å². The highest BCUT2D eigenvalue weighted by Gasteiger charge is 2.13. The highest BCUT2D eigenvalue weighted by atomic mass is 16.5. The van der Waals surface area contributed by atoms with E-state index in [0.29, 0.717) is 30.3 Å². The van der Waals surface area contributed by atoms with Crippen LogP contribution in [0.5, 0.6) is 17.4 Å². The molecule has 3 aromatic rings. The number of hydrogen-bond donors (Lipinski definition) is 1. The molecular weight excluding hydrogens is 302 g/mol. The molecule has 0 atom stereocenters. The summed E-state index contributed by atoms with van der Waals surface area (Å²) in [5.74, 6) is 1.76. The van der Waals surface area contributed by atoms with Gasteiger partial charge in [-0.25, -0.2) is 9.97 Å². The zero-order valence-electron chi connectivity index (χ0n) is 13.5. The maximum atomic E-state index is 6.01. The van der Waals surface area contributed by atoms with Gasteiger partial charge in [-0.05, 0) is 24.6 Å². The second kappa shape index (κ2) is 7.57. The van der Waals surface area contributed by atoms with Gasteiger partial charge in [0.15, 0.2) is 11.5 Å². The lowest BCUT2D eigenvalue weighted by Crippen LogP contribution is -2.05. The van der Waals surface area contributed by atoms with E-state index in [1.165, 1.54) is 6.33 Å². The van der Waals surface area contributed by atoms with E-state index in [-0.39, 0.29) is 0 Å². The molecule has 2 N–H and O–H groups in total. The van der Waals surface area contributed by atoms with Crippen LogP contribution in [0.2, 0.25) is 0 Å². The molecule has 1 aromatic heterocycles. The molecule has 0 saturated heterocycles. The number of aromatic nitrogens is 2. The van der Waals surface area contributed by atoms with Gasteiger partial charge < -0.3 is 15.2 Å². The molecule has 0 aliphatic rings. The van der Waals surface area contributed by atoms with E-state index in [1.54, 1.807) is 7.11 Å². The summed E-state index contributed by atoms with van der Waals surface area (Å²) in [6.07, 6.45) is 2.19. The number of benzene rings is 2. The van der Waals surface area contributed by atoms with E-state index in [4.69, 9.17) is 15.2 Å². The van der Waals surface area contributed by atoms with Crippen LogP contribution in [0, 0.1) is 0 Å². The number of methoxy groups -OCH3 is 1. The Morgan fingerprint density at radius 3 is 2.58 bits per heavy atom.